The lowest BCUT2D eigenvalue weighted by atomic mass is 10.2. The Morgan fingerprint density at radius 2 is 2.17 bits per heavy atom. The second-order valence-electron chi connectivity index (χ2n) is 5.52. The van der Waals surface area contributed by atoms with Gasteiger partial charge in [-0.25, -0.2) is 8.78 Å². The van der Waals surface area contributed by atoms with Crippen molar-refractivity contribution in [3.63, 3.8) is 0 Å². The maximum atomic E-state index is 13.5. The molecule has 1 N–H and O–H groups in total. The first-order valence-electron chi connectivity index (χ1n) is 7.57. The molecule has 1 fully saturated rings. The summed E-state index contributed by atoms with van der Waals surface area (Å²) in [6.07, 6.45) is 1.91. The van der Waals surface area contributed by atoms with E-state index in [1.807, 2.05) is 0 Å². The summed E-state index contributed by atoms with van der Waals surface area (Å²) < 4.78 is 31.8. The number of halogens is 2. The summed E-state index contributed by atoms with van der Waals surface area (Å²) in [5.41, 5.74) is -0.0788. The minimum absolute atomic E-state index is 0.0107. The van der Waals surface area contributed by atoms with Gasteiger partial charge >= 0.3 is 0 Å². The van der Waals surface area contributed by atoms with E-state index in [1.165, 1.54) is 6.92 Å². The van der Waals surface area contributed by atoms with Gasteiger partial charge in [-0.1, -0.05) is 0 Å². The second kappa shape index (κ2) is 8.01. The first kappa shape index (κ1) is 17.3. The highest BCUT2D eigenvalue weighted by molar-refractivity contribution is 5.91. The van der Waals surface area contributed by atoms with Crippen LogP contribution in [0.5, 0.6) is 0 Å². The predicted octanol–water partition coefficient (Wildman–Crippen LogP) is 2.32. The van der Waals surface area contributed by atoms with Crippen LogP contribution in [0.25, 0.3) is 0 Å². The van der Waals surface area contributed by atoms with Crippen molar-refractivity contribution in [1.29, 1.82) is 0 Å². The van der Waals surface area contributed by atoms with Crippen molar-refractivity contribution in [2.45, 2.75) is 32.3 Å². The molecule has 0 aromatic heterocycles. The van der Waals surface area contributed by atoms with Gasteiger partial charge in [0.1, 0.15) is 11.6 Å². The Bertz CT molecular complexity index is 574. The summed E-state index contributed by atoms with van der Waals surface area (Å²) in [4.78, 5) is 25.1. The van der Waals surface area contributed by atoms with E-state index in [9.17, 15) is 18.4 Å². The van der Waals surface area contributed by atoms with Crippen LogP contribution in [-0.2, 0) is 14.3 Å². The fourth-order valence-electron chi connectivity index (χ4n) is 2.45. The topological polar surface area (TPSA) is 58.6 Å². The van der Waals surface area contributed by atoms with Gasteiger partial charge in [0.2, 0.25) is 11.8 Å². The molecule has 0 spiro atoms. The number of amides is 2. The molecule has 1 saturated heterocycles. The van der Waals surface area contributed by atoms with E-state index in [0.717, 1.165) is 25.0 Å². The molecule has 0 aliphatic carbocycles. The molecule has 1 unspecified atom stereocenters. The highest BCUT2D eigenvalue weighted by Crippen LogP contribution is 2.16. The third-order valence-electron chi connectivity index (χ3n) is 3.71. The van der Waals surface area contributed by atoms with Crippen molar-refractivity contribution in [2.75, 3.05) is 25.0 Å². The van der Waals surface area contributed by atoms with Crippen LogP contribution in [0, 0.1) is 11.6 Å². The second-order valence-corrected chi connectivity index (χ2v) is 5.52. The lowest BCUT2D eigenvalue weighted by molar-refractivity contribution is -0.130. The van der Waals surface area contributed by atoms with Crippen molar-refractivity contribution in [2.24, 2.45) is 0 Å². The number of nitrogens with zero attached hydrogens (tertiary/aromatic N) is 1. The van der Waals surface area contributed by atoms with Crippen LogP contribution >= 0.6 is 0 Å². The van der Waals surface area contributed by atoms with Crippen LogP contribution in [0.3, 0.4) is 0 Å². The van der Waals surface area contributed by atoms with E-state index in [-0.39, 0.29) is 30.7 Å². The normalized spacial score (nSPS) is 17.1. The smallest absolute Gasteiger partial charge is 0.226 e. The minimum Gasteiger partial charge on any atom is -0.376 e. The first-order chi connectivity index (χ1) is 11.0. The summed E-state index contributed by atoms with van der Waals surface area (Å²) in [6.45, 7) is 2.81. The Kier molecular flexibility index (Phi) is 6.04. The van der Waals surface area contributed by atoms with Gasteiger partial charge in [-0.05, 0) is 25.0 Å². The number of anilines is 1. The standard InChI is InChI=1S/C16H20F2N2O3/c1-11(21)20(10-13-3-2-8-23-13)7-6-16(22)19-15-5-4-12(17)9-14(15)18/h4-5,9,13H,2-3,6-8,10H2,1H3,(H,19,22). The molecular formula is C16H20F2N2O3. The summed E-state index contributed by atoms with van der Waals surface area (Å²) in [5, 5.41) is 2.38. The van der Waals surface area contributed by atoms with Crippen molar-refractivity contribution >= 4 is 17.5 Å². The van der Waals surface area contributed by atoms with Crippen molar-refractivity contribution in [1.82, 2.24) is 4.90 Å². The third-order valence-corrected chi connectivity index (χ3v) is 3.71. The average molecular weight is 326 g/mol. The van der Waals surface area contributed by atoms with E-state index in [4.69, 9.17) is 4.74 Å². The number of nitrogens with one attached hydrogen (secondary N) is 1. The van der Waals surface area contributed by atoms with Gasteiger partial charge in [-0.3, -0.25) is 9.59 Å². The Morgan fingerprint density at radius 1 is 1.39 bits per heavy atom. The molecule has 2 rings (SSSR count). The molecule has 1 aliphatic heterocycles. The highest BCUT2D eigenvalue weighted by atomic mass is 19.1. The SMILES string of the molecule is CC(=O)N(CCC(=O)Nc1ccc(F)cc1F)CC1CCCO1. The van der Waals surface area contributed by atoms with Crippen molar-refractivity contribution < 1.29 is 23.1 Å². The Labute approximate surface area is 133 Å². The Morgan fingerprint density at radius 3 is 2.78 bits per heavy atom. The molecule has 1 aliphatic rings. The molecule has 5 nitrogen and oxygen atoms in total. The van der Waals surface area contributed by atoms with E-state index >= 15 is 0 Å². The number of benzene rings is 1. The van der Waals surface area contributed by atoms with Crippen LogP contribution in [0.4, 0.5) is 14.5 Å². The Balaban J connectivity index is 1.84. The monoisotopic (exact) mass is 326 g/mol. The van der Waals surface area contributed by atoms with Gasteiger partial charge in [0.15, 0.2) is 0 Å². The van der Waals surface area contributed by atoms with Gasteiger partial charge in [-0.15, -0.1) is 0 Å². The molecule has 0 radical (unpaired) electrons. The van der Waals surface area contributed by atoms with Gasteiger partial charge in [0.25, 0.3) is 0 Å². The molecule has 23 heavy (non-hydrogen) atoms. The largest absolute Gasteiger partial charge is 0.376 e. The van der Waals surface area contributed by atoms with Gasteiger partial charge in [0.05, 0.1) is 11.8 Å². The summed E-state index contributed by atoms with van der Waals surface area (Å²) in [6, 6.07) is 2.94. The maximum Gasteiger partial charge on any atom is 0.226 e. The van der Waals surface area contributed by atoms with Crippen LogP contribution in [0.15, 0.2) is 18.2 Å². The zero-order valence-electron chi connectivity index (χ0n) is 13.0. The van der Waals surface area contributed by atoms with Crippen LogP contribution in [0.2, 0.25) is 0 Å². The summed E-state index contributed by atoms with van der Waals surface area (Å²) in [5.74, 6) is -2.11. The van der Waals surface area contributed by atoms with Crippen LogP contribution < -0.4 is 5.32 Å². The quantitative estimate of drug-likeness (QED) is 0.873. The number of carbonyl (C=O) groups is 2. The van der Waals surface area contributed by atoms with E-state index in [0.29, 0.717) is 19.2 Å². The minimum atomic E-state index is -0.832. The van der Waals surface area contributed by atoms with Crippen molar-refractivity contribution in [3.05, 3.63) is 29.8 Å². The molecule has 0 saturated carbocycles. The van der Waals surface area contributed by atoms with Crippen LogP contribution in [0.1, 0.15) is 26.2 Å². The lowest BCUT2D eigenvalue weighted by Crippen LogP contribution is -2.37. The maximum absolute atomic E-state index is 13.5. The zero-order chi connectivity index (χ0) is 16.8. The molecular weight excluding hydrogens is 306 g/mol. The molecule has 1 aromatic rings. The molecule has 0 bridgehead atoms. The molecule has 1 aromatic carbocycles. The fraction of sp³-hybridized carbons (Fsp3) is 0.500. The van der Waals surface area contributed by atoms with E-state index < -0.39 is 17.5 Å². The van der Waals surface area contributed by atoms with Gasteiger partial charge < -0.3 is 15.0 Å². The number of carbonyl (C=O) groups excluding carboxylic acids is 2. The third kappa shape index (κ3) is 5.28. The van der Waals surface area contributed by atoms with E-state index in [2.05, 4.69) is 5.32 Å². The summed E-state index contributed by atoms with van der Waals surface area (Å²) in [7, 11) is 0. The highest BCUT2D eigenvalue weighted by Gasteiger charge is 2.21. The number of ether oxygens (including phenoxy) is 1. The number of hydrogen-bond donors (Lipinski definition) is 1. The van der Waals surface area contributed by atoms with Crippen LogP contribution in [-0.4, -0.2) is 42.5 Å². The number of hydrogen-bond acceptors (Lipinski definition) is 3. The van der Waals surface area contributed by atoms with Gasteiger partial charge in [0, 0.05) is 39.1 Å². The predicted molar refractivity (Wildman–Crippen MR) is 80.8 cm³/mol. The van der Waals surface area contributed by atoms with Crippen molar-refractivity contribution in [3.8, 4) is 0 Å². The molecule has 1 atom stereocenters. The van der Waals surface area contributed by atoms with E-state index in [1.54, 1.807) is 4.90 Å². The van der Waals surface area contributed by atoms with Gasteiger partial charge in [-0.2, -0.15) is 0 Å². The first-order valence-corrected chi connectivity index (χ1v) is 7.57. The molecule has 1 heterocycles. The Hall–Kier alpha value is -2.02. The number of rotatable bonds is 6. The molecule has 7 heteroatoms. The molecule has 126 valence electrons. The fourth-order valence-corrected chi connectivity index (χ4v) is 2.45. The summed E-state index contributed by atoms with van der Waals surface area (Å²) >= 11 is 0. The average Bonchev–Trinajstić information content (AvgIpc) is 2.99. The molecule has 2 amide bonds. The lowest BCUT2D eigenvalue weighted by Gasteiger charge is -2.23. The zero-order valence-corrected chi connectivity index (χ0v) is 13.0.